The maximum absolute atomic E-state index is 12.6. The van der Waals surface area contributed by atoms with E-state index in [4.69, 9.17) is 0 Å². The fourth-order valence-electron chi connectivity index (χ4n) is 3.40. The molecule has 5 nitrogen and oxygen atoms in total. The standard InChI is InChI=1S/C21H20N2O3S2/c24-21(22-19-8-3-6-15-5-1-2-7-18(15)19)16-10-12-17(13-11-16)23-28(25,26)20-9-4-14-27-20/h3-4,6,8-14,23H,1-2,5,7H2,(H,22,24). The van der Waals surface area contributed by atoms with E-state index in [0.29, 0.717) is 11.3 Å². The summed E-state index contributed by atoms with van der Waals surface area (Å²) in [6.45, 7) is 0. The van der Waals surface area contributed by atoms with Crippen LogP contribution in [0.4, 0.5) is 11.4 Å². The molecule has 7 heteroatoms. The molecule has 4 rings (SSSR count). The summed E-state index contributed by atoms with van der Waals surface area (Å²) in [5, 5.41) is 4.71. The minimum absolute atomic E-state index is 0.202. The van der Waals surface area contributed by atoms with Gasteiger partial charge in [-0.05, 0) is 78.6 Å². The van der Waals surface area contributed by atoms with Gasteiger partial charge in [-0.1, -0.05) is 18.2 Å². The van der Waals surface area contributed by atoms with Gasteiger partial charge in [0.15, 0.2) is 0 Å². The van der Waals surface area contributed by atoms with E-state index in [1.54, 1.807) is 41.8 Å². The van der Waals surface area contributed by atoms with Crippen molar-refractivity contribution >= 4 is 38.6 Å². The number of aryl methyl sites for hydroxylation is 1. The first-order valence-electron chi connectivity index (χ1n) is 9.11. The fourth-order valence-corrected chi connectivity index (χ4v) is 5.46. The maximum Gasteiger partial charge on any atom is 0.271 e. The van der Waals surface area contributed by atoms with Gasteiger partial charge in [0.1, 0.15) is 4.21 Å². The molecule has 0 atom stereocenters. The van der Waals surface area contributed by atoms with Crippen LogP contribution < -0.4 is 10.0 Å². The number of sulfonamides is 1. The Bertz CT molecular complexity index is 1090. The molecule has 0 fully saturated rings. The summed E-state index contributed by atoms with van der Waals surface area (Å²) in [7, 11) is -3.59. The number of rotatable bonds is 5. The highest BCUT2D eigenvalue weighted by Crippen LogP contribution is 2.28. The second-order valence-electron chi connectivity index (χ2n) is 6.72. The van der Waals surface area contributed by atoms with Gasteiger partial charge in [-0.25, -0.2) is 8.42 Å². The van der Waals surface area contributed by atoms with Crippen LogP contribution in [0.15, 0.2) is 64.2 Å². The van der Waals surface area contributed by atoms with Gasteiger partial charge in [-0.2, -0.15) is 0 Å². The van der Waals surface area contributed by atoms with E-state index in [2.05, 4.69) is 16.1 Å². The van der Waals surface area contributed by atoms with Crippen LogP contribution in [-0.4, -0.2) is 14.3 Å². The van der Waals surface area contributed by atoms with E-state index in [9.17, 15) is 13.2 Å². The second-order valence-corrected chi connectivity index (χ2v) is 9.58. The summed E-state index contributed by atoms with van der Waals surface area (Å²) < 4.78 is 27.3. The number of hydrogen-bond donors (Lipinski definition) is 2. The third-order valence-corrected chi connectivity index (χ3v) is 7.58. The predicted molar refractivity (Wildman–Crippen MR) is 113 cm³/mol. The van der Waals surface area contributed by atoms with Crippen molar-refractivity contribution in [2.75, 3.05) is 10.0 Å². The lowest BCUT2D eigenvalue weighted by Gasteiger charge is -2.19. The van der Waals surface area contributed by atoms with Crippen LogP contribution in [0.3, 0.4) is 0 Å². The van der Waals surface area contributed by atoms with Crippen LogP contribution in [-0.2, 0) is 22.9 Å². The summed E-state index contributed by atoms with van der Waals surface area (Å²) in [5.74, 6) is -0.202. The third kappa shape index (κ3) is 3.95. The first-order valence-corrected chi connectivity index (χ1v) is 11.5. The molecule has 0 bridgehead atoms. The van der Waals surface area contributed by atoms with Crippen molar-refractivity contribution in [3.05, 3.63) is 76.7 Å². The molecule has 0 aliphatic heterocycles. The maximum atomic E-state index is 12.6. The number of carbonyl (C=O) groups excluding carboxylic acids is 1. The number of hydrogen-bond acceptors (Lipinski definition) is 4. The molecule has 2 aromatic carbocycles. The van der Waals surface area contributed by atoms with Crippen molar-refractivity contribution in [3.8, 4) is 0 Å². The smallest absolute Gasteiger partial charge is 0.271 e. The Kier molecular flexibility index (Phi) is 5.19. The number of nitrogens with one attached hydrogen (secondary N) is 2. The largest absolute Gasteiger partial charge is 0.322 e. The summed E-state index contributed by atoms with van der Waals surface area (Å²) in [6.07, 6.45) is 4.36. The number of anilines is 2. The normalized spacial score (nSPS) is 13.6. The number of benzene rings is 2. The highest BCUT2D eigenvalue weighted by molar-refractivity contribution is 7.94. The van der Waals surface area contributed by atoms with Gasteiger partial charge < -0.3 is 5.32 Å². The molecule has 0 saturated carbocycles. The number of fused-ring (bicyclic) bond motifs is 1. The molecule has 1 heterocycles. The number of thiophene rings is 1. The van der Waals surface area contributed by atoms with Crippen molar-refractivity contribution < 1.29 is 13.2 Å². The summed E-state index contributed by atoms with van der Waals surface area (Å²) in [6, 6.07) is 15.7. The molecule has 0 saturated heterocycles. The van der Waals surface area contributed by atoms with Gasteiger partial charge in [0.2, 0.25) is 0 Å². The first kappa shape index (κ1) is 18.7. The van der Waals surface area contributed by atoms with E-state index in [0.717, 1.165) is 36.3 Å². The van der Waals surface area contributed by atoms with Gasteiger partial charge >= 0.3 is 0 Å². The van der Waals surface area contributed by atoms with Crippen LogP contribution in [0.2, 0.25) is 0 Å². The van der Waals surface area contributed by atoms with E-state index >= 15 is 0 Å². The Morgan fingerprint density at radius 3 is 2.46 bits per heavy atom. The lowest BCUT2D eigenvalue weighted by atomic mass is 9.90. The minimum Gasteiger partial charge on any atom is -0.322 e. The Morgan fingerprint density at radius 1 is 0.929 bits per heavy atom. The topological polar surface area (TPSA) is 75.3 Å². The van der Waals surface area contributed by atoms with Gasteiger partial charge in [0.05, 0.1) is 0 Å². The molecule has 1 aliphatic carbocycles. The van der Waals surface area contributed by atoms with Gasteiger partial charge in [0.25, 0.3) is 15.9 Å². The highest BCUT2D eigenvalue weighted by Gasteiger charge is 2.17. The van der Waals surface area contributed by atoms with Gasteiger partial charge in [0, 0.05) is 16.9 Å². The Morgan fingerprint density at radius 2 is 1.71 bits per heavy atom. The molecular weight excluding hydrogens is 392 g/mol. The molecule has 3 aromatic rings. The Hall–Kier alpha value is -2.64. The summed E-state index contributed by atoms with van der Waals surface area (Å²) >= 11 is 1.15. The van der Waals surface area contributed by atoms with Crippen molar-refractivity contribution in [2.24, 2.45) is 0 Å². The first-order chi connectivity index (χ1) is 13.5. The Labute approximate surface area is 168 Å². The molecule has 28 heavy (non-hydrogen) atoms. The van der Waals surface area contributed by atoms with Crippen LogP contribution in [0, 0.1) is 0 Å². The van der Waals surface area contributed by atoms with E-state index < -0.39 is 10.0 Å². The third-order valence-electron chi connectivity index (χ3n) is 4.80. The molecule has 0 unspecified atom stereocenters. The van der Waals surface area contributed by atoms with Gasteiger partial charge in [-0.3, -0.25) is 9.52 Å². The zero-order chi connectivity index (χ0) is 19.6. The van der Waals surface area contributed by atoms with Crippen LogP contribution in [0.1, 0.15) is 34.3 Å². The number of amides is 1. The summed E-state index contributed by atoms with van der Waals surface area (Å²) in [4.78, 5) is 12.6. The average Bonchev–Trinajstić information content (AvgIpc) is 3.24. The molecular formula is C21H20N2O3S2. The SMILES string of the molecule is O=C(Nc1cccc2c1CCCC2)c1ccc(NS(=O)(=O)c2cccs2)cc1. The Balaban J connectivity index is 1.48. The fraction of sp³-hybridized carbons (Fsp3) is 0.190. The van der Waals surface area contributed by atoms with Crippen molar-refractivity contribution in [1.29, 1.82) is 0 Å². The number of carbonyl (C=O) groups is 1. The molecule has 0 spiro atoms. The molecule has 1 aliphatic rings. The molecule has 1 amide bonds. The molecule has 1 aromatic heterocycles. The van der Waals surface area contributed by atoms with Crippen molar-refractivity contribution in [1.82, 2.24) is 0 Å². The van der Waals surface area contributed by atoms with E-state index in [1.807, 2.05) is 12.1 Å². The van der Waals surface area contributed by atoms with Crippen LogP contribution >= 0.6 is 11.3 Å². The zero-order valence-corrected chi connectivity index (χ0v) is 16.8. The minimum atomic E-state index is -3.59. The second kappa shape index (κ2) is 7.77. The zero-order valence-electron chi connectivity index (χ0n) is 15.1. The molecule has 0 radical (unpaired) electrons. The quantitative estimate of drug-likeness (QED) is 0.639. The van der Waals surface area contributed by atoms with Gasteiger partial charge in [-0.15, -0.1) is 11.3 Å². The molecule has 2 N–H and O–H groups in total. The lowest BCUT2D eigenvalue weighted by Crippen LogP contribution is -2.16. The predicted octanol–water partition coefficient (Wildman–Crippen LogP) is 4.68. The van der Waals surface area contributed by atoms with Crippen molar-refractivity contribution in [2.45, 2.75) is 29.9 Å². The monoisotopic (exact) mass is 412 g/mol. The van der Waals surface area contributed by atoms with E-state index in [1.165, 1.54) is 17.5 Å². The average molecular weight is 413 g/mol. The van der Waals surface area contributed by atoms with Crippen LogP contribution in [0.5, 0.6) is 0 Å². The van der Waals surface area contributed by atoms with E-state index in [-0.39, 0.29) is 10.1 Å². The van der Waals surface area contributed by atoms with Crippen molar-refractivity contribution in [3.63, 3.8) is 0 Å². The lowest BCUT2D eigenvalue weighted by molar-refractivity contribution is 0.102. The summed E-state index contributed by atoms with van der Waals surface area (Å²) in [5.41, 5.74) is 4.30. The van der Waals surface area contributed by atoms with Crippen LogP contribution in [0.25, 0.3) is 0 Å². The molecule has 144 valence electrons. The highest BCUT2D eigenvalue weighted by atomic mass is 32.2.